The van der Waals surface area contributed by atoms with E-state index in [9.17, 15) is 9.59 Å². The largest absolute Gasteiger partial charge is 0.481 e. The van der Waals surface area contributed by atoms with Crippen LogP contribution in [0, 0.1) is 10.8 Å². The van der Waals surface area contributed by atoms with Crippen LogP contribution >= 0.6 is 0 Å². The second-order valence-electron chi connectivity index (χ2n) is 5.97. The van der Waals surface area contributed by atoms with Gasteiger partial charge in [0.1, 0.15) is 0 Å². The molecule has 0 aliphatic heterocycles. The molecular weight excluding hydrogens is 208 g/mol. The predicted octanol–water partition coefficient (Wildman–Crippen LogP) is 2.77. The van der Waals surface area contributed by atoms with Gasteiger partial charge in [-0.25, -0.2) is 0 Å². The van der Waals surface area contributed by atoms with Crippen molar-refractivity contribution in [3.63, 3.8) is 0 Å². The van der Waals surface area contributed by atoms with Gasteiger partial charge in [0.2, 0.25) is 0 Å². The molecule has 4 nitrogen and oxygen atoms in total. The van der Waals surface area contributed by atoms with Crippen molar-refractivity contribution < 1.29 is 19.8 Å². The van der Waals surface area contributed by atoms with Crippen molar-refractivity contribution in [2.45, 2.75) is 53.4 Å². The van der Waals surface area contributed by atoms with Crippen LogP contribution in [0.4, 0.5) is 0 Å². The second kappa shape index (κ2) is 5.32. The lowest BCUT2D eigenvalue weighted by Gasteiger charge is -2.33. The third-order valence-electron chi connectivity index (χ3n) is 2.60. The maximum Gasteiger partial charge on any atom is 0.303 e. The molecule has 0 unspecified atom stereocenters. The third-order valence-corrected chi connectivity index (χ3v) is 2.60. The maximum absolute atomic E-state index is 10.7. The van der Waals surface area contributed by atoms with Crippen molar-refractivity contribution in [3.8, 4) is 0 Å². The number of aliphatic carboxylic acids is 2. The summed E-state index contributed by atoms with van der Waals surface area (Å²) in [7, 11) is 0. The van der Waals surface area contributed by atoms with Crippen molar-refractivity contribution in [1.82, 2.24) is 0 Å². The predicted molar refractivity (Wildman–Crippen MR) is 61.3 cm³/mol. The smallest absolute Gasteiger partial charge is 0.303 e. The normalized spacial score (nSPS) is 12.5. The molecule has 0 aromatic rings. The number of rotatable bonds is 7. The van der Waals surface area contributed by atoms with Gasteiger partial charge in [-0.1, -0.05) is 27.7 Å². The van der Waals surface area contributed by atoms with Gasteiger partial charge in [-0.2, -0.15) is 0 Å². The highest BCUT2D eigenvalue weighted by molar-refractivity contribution is 5.67. The lowest BCUT2D eigenvalue weighted by molar-refractivity contribution is -0.140. The fourth-order valence-electron chi connectivity index (χ4n) is 2.30. The lowest BCUT2D eigenvalue weighted by Crippen LogP contribution is -2.26. The van der Waals surface area contributed by atoms with Crippen molar-refractivity contribution in [1.29, 1.82) is 0 Å². The van der Waals surface area contributed by atoms with Crippen LogP contribution in [0.25, 0.3) is 0 Å². The summed E-state index contributed by atoms with van der Waals surface area (Å²) in [5.41, 5.74) is -0.439. The summed E-state index contributed by atoms with van der Waals surface area (Å²) in [5, 5.41) is 17.4. The van der Waals surface area contributed by atoms with E-state index in [2.05, 4.69) is 0 Å². The van der Waals surface area contributed by atoms with E-state index in [1.807, 2.05) is 27.7 Å². The van der Waals surface area contributed by atoms with Gasteiger partial charge in [0.05, 0.1) is 6.42 Å². The van der Waals surface area contributed by atoms with Crippen LogP contribution in [0.5, 0.6) is 0 Å². The SMILES string of the molecule is CC(C)(CCC(=O)O)CC(C)(C)CC(=O)O. The highest BCUT2D eigenvalue weighted by Crippen LogP contribution is 2.38. The van der Waals surface area contributed by atoms with Gasteiger partial charge in [-0.15, -0.1) is 0 Å². The zero-order valence-electron chi connectivity index (χ0n) is 10.5. The van der Waals surface area contributed by atoms with E-state index in [4.69, 9.17) is 10.2 Å². The van der Waals surface area contributed by atoms with Gasteiger partial charge in [-0.3, -0.25) is 9.59 Å². The molecule has 94 valence electrons. The van der Waals surface area contributed by atoms with Crippen molar-refractivity contribution in [2.24, 2.45) is 10.8 Å². The molecule has 0 aliphatic rings. The summed E-state index contributed by atoms with van der Waals surface area (Å²) in [6.45, 7) is 7.78. The third kappa shape index (κ3) is 7.26. The number of carboxylic acids is 2. The molecule has 16 heavy (non-hydrogen) atoms. The highest BCUT2D eigenvalue weighted by Gasteiger charge is 2.30. The Kier molecular flexibility index (Phi) is 4.97. The first-order chi connectivity index (χ1) is 7.04. The molecule has 0 aliphatic carbocycles. The molecule has 0 aromatic heterocycles. The van der Waals surface area contributed by atoms with E-state index in [0.717, 1.165) is 0 Å². The van der Waals surface area contributed by atoms with E-state index in [1.54, 1.807) is 0 Å². The first-order valence-electron chi connectivity index (χ1n) is 5.48. The standard InChI is InChI=1S/C12H22O4/c1-11(2,6-5-9(13)14)8-12(3,4)7-10(15)16/h5-8H2,1-4H3,(H,13,14)(H,15,16). The molecule has 0 aromatic carbocycles. The fraction of sp³-hybridized carbons (Fsp3) is 0.833. The van der Waals surface area contributed by atoms with Crippen LogP contribution in [0.1, 0.15) is 53.4 Å². The van der Waals surface area contributed by atoms with Gasteiger partial charge >= 0.3 is 11.9 Å². The van der Waals surface area contributed by atoms with Crippen molar-refractivity contribution in [2.75, 3.05) is 0 Å². The average Bonchev–Trinajstić information content (AvgIpc) is 1.95. The highest BCUT2D eigenvalue weighted by atomic mass is 16.4. The molecule has 0 amide bonds. The van der Waals surface area contributed by atoms with Crippen LogP contribution in [0.3, 0.4) is 0 Å². The zero-order valence-corrected chi connectivity index (χ0v) is 10.5. The zero-order chi connectivity index (χ0) is 13.0. The van der Waals surface area contributed by atoms with E-state index in [-0.39, 0.29) is 23.7 Å². The molecule has 0 atom stereocenters. The molecule has 0 heterocycles. The first kappa shape index (κ1) is 14.9. The van der Waals surface area contributed by atoms with Crippen LogP contribution in [-0.4, -0.2) is 22.2 Å². The van der Waals surface area contributed by atoms with Gasteiger partial charge in [-0.05, 0) is 23.7 Å². The number of carboxylic acid groups (broad SMARTS) is 2. The molecule has 0 saturated carbocycles. The van der Waals surface area contributed by atoms with Crippen LogP contribution < -0.4 is 0 Å². The average molecular weight is 230 g/mol. The minimum Gasteiger partial charge on any atom is -0.481 e. The molecule has 0 saturated heterocycles. The summed E-state index contributed by atoms with van der Waals surface area (Å²) in [6, 6.07) is 0. The molecule has 0 spiro atoms. The summed E-state index contributed by atoms with van der Waals surface area (Å²) in [5.74, 6) is -1.61. The van der Waals surface area contributed by atoms with Crippen molar-refractivity contribution >= 4 is 11.9 Å². The Hall–Kier alpha value is -1.06. The minimum atomic E-state index is -0.806. The summed E-state index contributed by atoms with van der Waals surface area (Å²) >= 11 is 0. The lowest BCUT2D eigenvalue weighted by atomic mass is 9.71. The Bertz CT molecular complexity index is 266. The van der Waals surface area contributed by atoms with Crippen molar-refractivity contribution in [3.05, 3.63) is 0 Å². The van der Waals surface area contributed by atoms with E-state index in [1.165, 1.54) is 0 Å². The number of hydrogen-bond donors (Lipinski definition) is 2. The molecule has 0 rings (SSSR count). The maximum atomic E-state index is 10.7. The van der Waals surface area contributed by atoms with Crippen LogP contribution in [-0.2, 0) is 9.59 Å². The fourth-order valence-corrected chi connectivity index (χ4v) is 2.30. The first-order valence-corrected chi connectivity index (χ1v) is 5.48. The van der Waals surface area contributed by atoms with E-state index in [0.29, 0.717) is 12.8 Å². The Morgan fingerprint density at radius 2 is 1.44 bits per heavy atom. The Labute approximate surface area is 96.7 Å². The minimum absolute atomic E-state index is 0.115. The molecule has 2 N–H and O–H groups in total. The van der Waals surface area contributed by atoms with Gasteiger partial charge < -0.3 is 10.2 Å². The molecule has 0 bridgehead atoms. The van der Waals surface area contributed by atoms with E-state index >= 15 is 0 Å². The monoisotopic (exact) mass is 230 g/mol. The van der Waals surface area contributed by atoms with E-state index < -0.39 is 11.9 Å². The van der Waals surface area contributed by atoms with Crippen LogP contribution in [0.15, 0.2) is 0 Å². The van der Waals surface area contributed by atoms with Crippen LogP contribution in [0.2, 0.25) is 0 Å². The Morgan fingerprint density at radius 1 is 0.938 bits per heavy atom. The summed E-state index contributed by atoms with van der Waals surface area (Å²) in [4.78, 5) is 21.2. The molecule has 4 heteroatoms. The Morgan fingerprint density at radius 3 is 1.81 bits per heavy atom. The number of carbonyl (C=O) groups is 2. The second-order valence-corrected chi connectivity index (χ2v) is 5.97. The topological polar surface area (TPSA) is 74.6 Å². The molecule has 0 radical (unpaired) electrons. The van der Waals surface area contributed by atoms with Gasteiger partial charge in [0.15, 0.2) is 0 Å². The molecule has 0 fully saturated rings. The number of hydrogen-bond acceptors (Lipinski definition) is 2. The quantitative estimate of drug-likeness (QED) is 0.705. The molecular formula is C12H22O4. The van der Waals surface area contributed by atoms with Gasteiger partial charge in [0, 0.05) is 6.42 Å². The summed E-state index contributed by atoms with van der Waals surface area (Å²) < 4.78 is 0. The summed E-state index contributed by atoms with van der Waals surface area (Å²) in [6.07, 6.45) is 1.53. The Balaban J connectivity index is 4.32. The van der Waals surface area contributed by atoms with Gasteiger partial charge in [0.25, 0.3) is 0 Å².